The first-order chi connectivity index (χ1) is 11.2. The smallest absolute Gasteiger partial charge is 0.293 e. The number of thioether (sulfide) groups is 1. The van der Waals surface area contributed by atoms with Crippen molar-refractivity contribution in [1.82, 2.24) is 4.90 Å². The predicted molar refractivity (Wildman–Crippen MR) is 91.1 cm³/mol. The molecule has 2 amide bonds. The van der Waals surface area contributed by atoms with Gasteiger partial charge in [-0.05, 0) is 35.5 Å². The normalized spacial score (nSPS) is 16.2. The molecule has 1 aliphatic heterocycles. The summed E-state index contributed by atoms with van der Waals surface area (Å²) in [6.45, 7) is 0.520. The summed E-state index contributed by atoms with van der Waals surface area (Å²) in [6, 6.07) is 18.8. The van der Waals surface area contributed by atoms with Crippen molar-refractivity contribution in [2.45, 2.75) is 0 Å². The molecule has 0 aliphatic carbocycles. The second-order valence-corrected chi connectivity index (χ2v) is 5.90. The van der Waals surface area contributed by atoms with Crippen LogP contribution in [0.2, 0.25) is 0 Å². The second-order valence-electron chi connectivity index (χ2n) is 4.91. The highest BCUT2D eigenvalue weighted by Gasteiger charge is 2.34. The van der Waals surface area contributed by atoms with E-state index in [1.165, 1.54) is 4.90 Å². The molecule has 1 fully saturated rings. The van der Waals surface area contributed by atoms with Crippen LogP contribution in [0.5, 0.6) is 5.75 Å². The maximum atomic E-state index is 12.3. The molecule has 1 heterocycles. The Morgan fingerprint density at radius 1 is 0.957 bits per heavy atom. The summed E-state index contributed by atoms with van der Waals surface area (Å²) >= 11 is 0.966. The number of carbonyl (C=O) groups excluding carboxylic acids is 2. The van der Waals surface area contributed by atoms with Crippen LogP contribution >= 0.6 is 11.8 Å². The summed E-state index contributed by atoms with van der Waals surface area (Å²) in [5.74, 6) is 0.458. The molecule has 0 atom stereocenters. The molecule has 2 aromatic carbocycles. The van der Waals surface area contributed by atoms with Crippen molar-refractivity contribution in [1.29, 1.82) is 0 Å². The number of ether oxygens (including phenoxy) is 1. The third-order valence-corrected chi connectivity index (χ3v) is 4.21. The van der Waals surface area contributed by atoms with Crippen molar-refractivity contribution >= 4 is 29.0 Å². The Labute approximate surface area is 138 Å². The first kappa shape index (κ1) is 15.4. The van der Waals surface area contributed by atoms with Gasteiger partial charge < -0.3 is 4.74 Å². The van der Waals surface area contributed by atoms with Crippen LogP contribution in [0.1, 0.15) is 5.56 Å². The third-order valence-electron chi connectivity index (χ3n) is 3.30. The lowest BCUT2D eigenvalue weighted by Crippen LogP contribution is -2.32. The summed E-state index contributed by atoms with van der Waals surface area (Å²) in [7, 11) is 0. The number of amides is 2. The average molecular weight is 325 g/mol. The van der Waals surface area contributed by atoms with Crippen molar-refractivity contribution < 1.29 is 14.3 Å². The van der Waals surface area contributed by atoms with Crippen LogP contribution in [0.4, 0.5) is 4.79 Å². The number of imide groups is 1. The van der Waals surface area contributed by atoms with Crippen LogP contribution in [0.25, 0.3) is 6.08 Å². The average Bonchev–Trinajstić information content (AvgIpc) is 2.84. The summed E-state index contributed by atoms with van der Waals surface area (Å²) in [5.41, 5.74) is 0.901. The molecule has 4 nitrogen and oxygen atoms in total. The minimum Gasteiger partial charge on any atom is -0.492 e. The highest BCUT2D eigenvalue weighted by molar-refractivity contribution is 8.18. The lowest BCUT2D eigenvalue weighted by atomic mass is 10.2. The fourth-order valence-corrected chi connectivity index (χ4v) is 3.03. The Balaban J connectivity index is 1.62. The molecule has 3 rings (SSSR count). The minimum absolute atomic E-state index is 0.242. The number of benzene rings is 2. The molecule has 0 radical (unpaired) electrons. The molecule has 0 spiro atoms. The van der Waals surface area contributed by atoms with Crippen LogP contribution < -0.4 is 4.74 Å². The molecule has 116 valence electrons. The van der Waals surface area contributed by atoms with Crippen molar-refractivity contribution in [2.75, 3.05) is 13.2 Å². The van der Waals surface area contributed by atoms with E-state index in [-0.39, 0.29) is 24.3 Å². The monoisotopic (exact) mass is 325 g/mol. The van der Waals surface area contributed by atoms with Crippen LogP contribution in [0, 0.1) is 0 Å². The van der Waals surface area contributed by atoms with E-state index < -0.39 is 0 Å². The molecule has 5 heteroatoms. The maximum Gasteiger partial charge on any atom is 0.293 e. The molecule has 0 saturated carbocycles. The van der Waals surface area contributed by atoms with E-state index in [4.69, 9.17) is 4.74 Å². The van der Waals surface area contributed by atoms with Gasteiger partial charge in [-0.3, -0.25) is 14.5 Å². The fourth-order valence-electron chi connectivity index (χ4n) is 2.16. The van der Waals surface area contributed by atoms with Gasteiger partial charge in [0, 0.05) is 0 Å². The zero-order valence-electron chi connectivity index (χ0n) is 12.3. The molecular formula is C18H15NO3S. The number of nitrogens with zero attached hydrogens (tertiary/aromatic N) is 1. The number of para-hydroxylation sites is 1. The van der Waals surface area contributed by atoms with Gasteiger partial charge in [0.15, 0.2) is 0 Å². The van der Waals surface area contributed by atoms with Gasteiger partial charge in [0.05, 0.1) is 11.4 Å². The fraction of sp³-hybridized carbons (Fsp3) is 0.111. The van der Waals surface area contributed by atoms with Gasteiger partial charge in [-0.15, -0.1) is 0 Å². The molecule has 0 N–H and O–H groups in total. The van der Waals surface area contributed by atoms with Gasteiger partial charge in [-0.25, -0.2) is 0 Å². The Kier molecular flexibility index (Phi) is 4.78. The highest BCUT2D eigenvalue weighted by Crippen LogP contribution is 2.31. The van der Waals surface area contributed by atoms with Crippen LogP contribution in [0.15, 0.2) is 65.6 Å². The topological polar surface area (TPSA) is 46.6 Å². The van der Waals surface area contributed by atoms with E-state index >= 15 is 0 Å². The molecule has 0 bridgehead atoms. The van der Waals surface area contributed by atoms with Gasteiger partial charge in [-0.1, -0.05) is 48.5 Å². The molecular weight excluding hydrogens is 310 g/mol. The Morgan fingerprint density at radius 2 is 1.61 bits per heavy atom. The van der Waals surface area contributed by atoms with E-state index in [9.17, 15) is 9.59 Å². The standard InChI is InChI=1S/C18H15NO3S/c20-17-16(13-14-7-3-1-4-8-14)23-18(21)19(17)11-12-22-15-9-5-2-6-10-15/h1-10,13H,11-12H2/b16-13+. The molecule has 0 aromatic heterocycles. The van der Waals surface area contributed by atoms with E-state index in [0.717, 1.165) is 23.1 Å². The second kappa shape index (κ2) is 7.15. The Bertz CT molecular complexity index is 728. The largest absolute Gasteiger partial charge is 0.492 e. The summed E-state index contributed by atoms with van der Waals surface area (Å²) in [4.78, 5) is 26.0. The summed E-state index contributed by atoms with van der Waals surface area (Å²) in [5, 5.41) is -0.256. The third kappa shape index (κ3) is 3.81. The van der Waals surface area contributed by atoms with E-state index in [0.29, 0.717) is 4.91 Å². The highest BCUT2D eigenvalue weighted by atomic mass is 32.2. The van der Waals surface area contributed by atoms with Gasteiger partial charge in [0.1, 0.15) is 12.4 Å². The van der Waals surface area contributed by atoms with Crippen molar-refractivity contribution in [3.05, 3.63) is 71.1 Å². The van der Waals surface area contributed by atoms with Gasteiger partial charge in [0.2, 0.25) is 0 Å². The van der Waals surface area contributed by atoms with Crippen LogP contribution in [-0.4, -0.2) is 29.2 Å². The number of hydrogen-bond donors (Lipinski definition) is 0. The van der Waals surface area contributed by atoms with Gasteiger partial charge in [-0.2, -0.15) is 0 Å². The van der Waals surface area contributed by atoms with Crippen molar-refractivity contribution in [3.63, 3.8) is 0 Å². The molecule has 1 saturated heterocycles. The summed E-state index contributed by atoms with van der Waals surface area (Å²) in [6.07, 6.45) is 1.74. The first-order valence-corrected chi connectivity index (χ1v) is 8.04. The van der Waals surface area contributed by atoms with Crippen molar-refractivity contribution in [3.8, 4) is 5.75 Å². The van der Waals surface area contributed by atoms with E-state index in [1.54, 1.807) is 6.08 Å². The maximum absolute atomic E-state index is 12.3. The quantitative estimate of drug-likeness (QED) is 0.785. The predicted octanol–water partition coefficient (Wildman–Crippen LogP) is 3.80. The molecule has 23 heavy (non-hydrogen) atoms. The zero-order valence-corrected chi connectivity index (χ0v) is 13.2. The first-order valence-electron chi connectivity index (χ1n) is 7.22. The lowest BCUT2D eigenvalue weighted by molar-refractivity contribution is -0.123. The molecule has 2 aromatic rings. The Hall–Kier alpha value is -2.53. The molecule has 1 aliphatic rings. The molecule has 0 unspecified atom stereocenters. The Morgan fingerprint density at radius 3 is 2.30 bits per heavy atom. The number of carbonyl (C=O) groups is 2. The van der Waals surface area contributed by atoms with Crippen LogP contribution in [-0.2, 0) is 4.79 Å². The summed E-state index contributed by atoms with van der Waals surface area (Å²) < 4.78 is 5.54. The lowest BCUT2D eigenvalue weighted by Gasteiger charge is -2.13. The minimum atomic E-state index is -0.263. The zero-order chi connectivity index (χ0) is 16.1. The van der Waals surface area contributed by atoms with Gasteiger partial charge in [0.25, 0.3) is 11.1 Å². The van der Waals surface area contributed by atoms with Gasteiger partial charge >= 0.3 is 0 Å². The van der Waals surface area contributed by atoms with E-state index in [1.807, 2.05) is 60.7 Å². The van der Waals surface area contributed by atoms with Crippen molar-refractivity contribution in [2.24, 2.45) is 0 Å². The SMILES string of the molecule is O=C1S/C(=C/c2ccccc2)C(=O)N1CCOc1ccccc1. The van der Waals surface area contributed by atoms with Crippen LogP contribution in [0.3, 0.4) is 0 Å². The number of hydrogen-bond acceptors (Lipinski definition) is 4. The van der Waals surface area contributed by atoms with E-state index in [2.05, 4.69) is 0 Å². The number of rotatable bonds is 5.